The van der Waals surface area contributed by atoms with Crippen molar-refractivity contribution in [3.8, 4) is 0 Å². The van der Waals surface area contributed by atoms with Gasteiger partial charge in [0.2, 0.25) is 0 Å². The molecule has 7 nitrogen and oxygen atoms in total. The molecule has 0 radical (unpaired) electrons. The van der Waals surface area contributed by atoms with E-state index in [0.29, 0.717) is 5.56 Å². The average Bonchev–Trinajstić information content (AvgIpc) is 2.90. The van der Waals surface area contributed by atoms with Crippen LogP contribution in [-0.4, -0.2) is 21.8 Å². The number of hydrogen-bond donors (Lipinski definition) is 1. The molecule has 3 rings (SSSR count). The molecule has 1 unspecified atom stereocenters. The number of non-ortho nitro benzene ring substituents is 1. The predicted molar refractivity (Wildman–Crippen MR) is 82.9 cm³/mol. The fraction of sp³-hybridized carbons (Fsp3) is 0.0588. The van der Waals surface area contributed by atoms with Crippen LogP contribution in [0, 0.1) is 10.1 Å². The normalized spacial score (nSPS) is 19.1. The molecule has 120 valence electrons. The summed E-state index contributed by atoms with van der Waals surface area (Å²) in [7, 11) is 0. The van der Waals surface area contributed by atoms with Crippen LogP contribution in [0.2, 0.25) is 0 Å². The Balaban J connectivity index is 2.13. The van der Waals surface area contributed by atoms with E-state index in [-0.39, 0.29) is 22.6 Å². The van der Waals surface area contributed by atoms with Gasteiger partial charge in [-0.15, -0.1) is 0 Å². The maximum absolute atomic E-state index is 12.1. The van der Waals surface area contributed by atoms with Gasteiger partial charge in [0.05, 0.1) is 10.5 Å². The molecule has 2 aromatic rings. The summed E-state index contributed by atoms with van der Waals surface area (Å²) < 4.78 is 5.02. The van der Waals surface area contributed by atoms with Crippen molar-refractivity contribution in [2.75, 3.05) is 0 Å². The van der Waals surface area contributed by atoms with Gasteiger partial charge in [0.15, 0.2) is 6.10 Å². The molecule has 1 fully saturated rings. The van der Waals surface area contributed by atoms with Crippen molar-refractivity contribution in [1.82, 2.24) is 0 Å². The second-order valence-electron chi connectivity index (χ2n) is 5.09. The minimum Gasteiger partial charge on any atom is -0.507 e. The van der Waals surface area contributed by atoms with E-state index in [4.69, 9.17) is 4.74 Å². The molecule has 1 heterocycles. The first kappa shape index (κ1) is 15.4. The molecular weight excluding hydrogens is 314 g/mol. The van der Waals surface area contributed by atoms with E-state index in [1.807, 2.05) is 0 Å². The highest BCUT2D eigenvalue weighted by molar-refractivity contribution is 6.44. The predicted octanol–water partition coefficient (Wildman–Crippen LogP) is 2.73. The number of nitro benzene ring substituents is 1. The number of nitro groups is 1. The van der Waals surface area contributed by atoms with E-state index in [1.165, 1.54) is 24.3 Å². The van der Waals surface area contributed by atoms with Gasteiger partial charge in [0.25, 0.3) is 11.5 Å². The third-order valence-electron chi connectivity index (χ3n) is 3.60. The first-order chi connectivity index (χ1) is 11.5. The number of Topliss-reactive ketones (excluding diaryl/α,β-unsaturated/α-hetero) is 1. The van der Waals surface area contributed by atoms with Crippen LogP contribution in [0.4, 0.5) is 5.69 Å². The Morgan fingerprint density at radius 2 is 1.79 bits per heavy atom. The van der Waals surface area contributed by atoms with Crippen LogP contribution in [0.25, 0.3) is 5.76 Å². The summed E-state index contributed by atoms with van der Waals surface area (Å²) >= 11 is 0. The van der Waals surface area contributed by atoms with Gasteiger partial charge in [-0.05, 0) is 0 Å². The summed E-state index contributed by atoms with van der Waals surface area (Å²) in [5.41, 5.74) is 0.142. The number of aliphatic hydroxyl groups is 1. The Morgan fingerprint density at radius 3 is 2.46 bits per heavy atom. The van der Waals surface area contributed by atoms with Gasteiger partial charge in [-0.2, -0.15) is 0 Å². The quantitative estimate of drug-likeness (QED) is 0.232. The Hall–Kier alpha value is -3.48. The lowest BCUT2D eigenvalue weighted by molar-refractivity contribution is -0.385. The van der Waals surface area contributed by atoms with Crippen molar-refractivity contribution >= 4 is 23.2 Å². The number of carbonyl (C=O) groups excluding carboxylic acids is 2. The fourth-order valence-corrected chi connectivity index (χ4v) is 2.47. The third kappa shape index (κ3) is 2.63. The van der Waals surface area contributed by atoms with Gasteiger partial charge in [0.1, 0.15) is 5.76 Å². The molecule has 1 saturated heterocycles. The average molecular weight is 325 g/mol. The van der Waals surface area contributed by atoms with E-state index in [9.17, 15) is 24.8 Å². The van der Waals surface area contributed by atoms with Crippen molar-refractivity contribution in [2.24, 2.45) is 0 Å². The highest BCUT2D eigenvalue weighted by Crippen LogP contribution is 2.37. The van der Waals surface area contributed by atoms with Crippen LogP contribution in [0.15, 0.2) is 60.2 Å². The molecule has 24 heavy (non-hydrogen) atoms. The summed E-state index contributed by atoms with van der Waals surface area (Å²) in [6, 6.07) is 13.6. The molecule has 7 heteroatoms. The van der Waals surface area contributed by atoms with Crippen LogP contribution in [0.3, 0.4) is 0 Å². The van der Waals surface area contributed by atoms with Crippen LogP contribution in [0.1, 0.15) is 17.2 Å². The van der Waals surface area contributed by atoms with Crippen molar-refractivity contribution in [1.29, 1.82) is 0 Å². The Labute approximate surface area is 136 Å². The second kappa shape index (κ2) is 5.96. The van der Waals surface area contributed by atoms with E-state index < -0.39 is 22.8 Å². The Kier molecular flexibility index (Phi) is 3.83. The molecule has 1 aliphatic heterocycles. The molecule has 0 aromatic heterocycles. The molecule has 2 aromatic carbocycles. The Bertz CT molecular complexity index is 872. The highest BCUT2D eigenvalue weighted by atomic mass is 16.6. The van der Waals surface area contributed by atoms with Crippen LogP contribution >= 0.6 is 0 Å². The number of hydrogen-bond acceptors (Lipinski definition) is 6. The van der Waals surface area contributed by atoms with Crippen molar-refractivity contribution in [3.63, 3.8) is 0 Å². The number of ether oxygens (including phenoxy) is 1. The zero-order valence-corrected chi connectivity index (χ0v) is 12.2. The lowest BCUT2D eigenvalue weighted by Crippen LogP contribution is -2.08. The third-order valence-corrected chi connectivity index (χ3v) is 3.60. The topological polar surface area (TPSA) is 107 Å². The minimum atomic E-state index is -1.19. The fourth-order valence-electron chi connectivity index (χ4n) is 2.47. The van der Waals surface area contributed by atoms with Crippen molar-refractivity contribution < 1.29 is 24.4 Å². The standard InChI is InChI=1S/C17H11NO6/c19-14(10-5-2-1-3-6-10)13-15(20)17(21)24-16(13)11-7-4-8-12(9-11)18(22)23/h1-9,16,19H. The Morgan fingerprint density at radius 1 is 1.08 bits per heavy atom. The summed E-state index contributed by atoms with van der Waals surface area (Å²) in [6.45, 7) is 0. The maximum atomic E-state index is 12.1. The van der Waals surface area contributed by atoms with Gasteiger partial charge in [-0.3, -0.25) is 14.9 Å². The van der Waals surface area contributed by atoms with E-state index in [2.05, 4.69) is 0 Å². The van der Waals surface area contributed by atoms with Gasteiger partial charge in [-0.25, -0.2) is 4.79 Å². The monoisotopic (exact) mass is 325 g/mol. The summed E-state index contributed by atoms with van der Waals surface area (Å²) in [5.74, 6) is -2.46. The smallest absolute Gasteiger partial charge is 0.380 e. The number of nitrogens with zero attached hydrogens (tertiary/aromatic N) is 1. The zero-order valence-electron chi connectivity index (χ0n) is 12.2. The summed E-state index contributed by atoms with van der Waals surface area (Å²) in [4.78, 5) is 34.1. The zero-order chi connectivity index (χ0) is 17.3. The number of esters is 1. The molecule has 0 aliphatic carbocycles. The maximum Gasteiger partial charge on any atom is 0.380 e. The minimum absolute atomic E-state index is 0.207. The van der Waals surface area contributed by atoms with Gasteiger partial charge in [0, 0.05) is 23.3 Å². The molecule has 1 atom stereocenters. The summed E-state index contributed by atoms with van der Waals surface area (Å²) in [6.07, 6.45) is -1.19. The first-order valence-corrected chi connectivity index (χ1v) is 6.97. The molecule has 0 spiro atoms. The molecule has 0 bridgehead atoms. The molecular formula is C17H11NO6. The lowest BCUT2D eigenvalue weighted by Gasteiger charge is -2.12. The first-order valence-electron chi connectivity index (χ1n) is 6.97. The van der Waals surface area contributed by atoms with Crippen molar-refractivity contribution in [2.45, 2.75) is 6.10 Å². The summed E-state index contributed by atoms with van der Waals surface area (Å²) in [5, 5.41) is 21.3. The van der Waals surface area contributed by atoms with Crippen molar-refractivity contribution in [3.05, 3.63) is 81.4 Å². The van der Waals surface area contributed by atoms with E-state index in [0.717, 1.165) is 0 Å². The van der Waals surface area contributed by atoms with Crippen LogP contribution in [-0.2, 0) is 14.3 Å². The molecule has 1 aliphatic rings. The molecule has 0 saturated carbocycles. The number of ketones is 1. The highest BCUT2D eigenvalue weighted by Gasteiger charge is 2.42. The van der Waals surface area contributed by atoms with Gasteiger partial charge in [-0.1, -0.05) is 42.5 Å². The van der Waals surface area contributed by atoms with Gasteiger partial charge < -0.3 is 9.84 Å². The van der Waals surface area contributed by atoms with Crippen LogP contribution < -0.4 is 0 Å². The second-order valence-corrected chi connectivity index (χ2v) is 5.09. The molecule has 0 amide bonds. The van der Waals surface area contributed by atoms with E-state index >= 15 is 0 Å². The number of aliphatic hydroxyl groups excluding tert-OH is 1. The lowest BCUT2D eigenvalue weighted by atomic mass is 9.96. The van der Waals surface area contributed by atoms with Crippen LogP contribution in [0.5, 0.6) is 0 Å². The number of benzene rings is 2. The van der Waals surface area contributed by atoms with Gasteiger partial charge >= 0.3 is 5.97 Å². The SMILES string of the molecule is O=C1OC(c2cccc([N+](=O)[O-])c2)C(=C(O)c2ccccc2)C1=O. The number of rotatable bonds is 3. The number of cyclic esters (lactones) is 1. The van der Waals surface area contributed by atoms with E-state index in [1.54, 1.807) is 30.3 Å². The number of carbonyl (C=O) groups is 2. The largest absolute Gasteiger partial charge is 0.507 e. The molecule has 1 N–H and O–H groups in total.